The number of benzene rings is 1. The van der Waals surface area contributed by atoms with Gasteiger partial charge in [0.1, 0.15) is 11.3 Å². The number of carbonyl (C=O) groups excluding carboxylic acids is 1. The minimum atomic E-state index is 0.0636. The molecular formula is C13H13IO2. The van der Waals surface area contributed by atoms with Gasteiger partial charge in [0.25, 0.3) is 0 Å². The predicted molar refractivity (Wildman–Crippen MR) is 73.2 cm³/mol. The van der Waals surface area contributed by atoms with Crippen LogP contribution in [0.25, 0.3) is 11.0 Å². The second-order valence-corrected chi connectivity index (χ2v) is 4.75. The summed E-state index contributed by atoms with van der Waals surface area (Å²) < 4.78 is 5.80. The van der Waals surface area contributed by atoms with Crippen LogP contribution in [0.1, 0.15) is 35.9 Å². The Bertz CT molecular complexity index is 514. The van der Waals surface area contributed by atoms with Crippen LogP contribution in [0.5, 0.6) is 0 Å². The lowest BCUT2D eigenvalue weighted by molar-refractivity contribution is 0.110. The van der Waals surface area contributed by atoms with Crippen molar-refractivity contribution in [3.63, 3.8) is 0 Å². The van der Waals surface area contributed by atoms with Gasteiger partial charge in [-0.2, -0.15) is 0 Å². The Hall–Kier alpha value is -0.840. The highest BCUT2D eigenvalue weighted by Gasteiger charge is 2.17. The molecule has 0 aliphatic carbocycles. The number of furan rings is 1. The number of halogens is 1. The van der Waals surface area contributed by atoms with Crippen LogP contribution >= 0.6 is 22.6 Å². The first-order valence-electron chi connectivity index (χ1n) is 5.44. The van der Waals surface area contributed by atoms with Crippen molar-refractivity contribution in [1.29, 1.82) is 0 Å². The van der Waals surface area contributed by atoms with Crippen LogP contribution in [0.2, 0.25) is 0 Å². The normalized spacial score (nSPS) is 10.9. The smallest absolute Gasteiger partial charge is 0.226 e. The Morgan fingerprint density at radius 2 is 2.12 bits per heavy atom. The van der Waals surface area contributed by atoms with E-state index in [0.29, 0.717) is 0 Å². The number of para-hydroxylation sites is 1. The fraction of sp³-hybridized carbons (Fsp3) is 0.308. The van der Waals surface area contributed by atoms with Gasteiger partial charge in [0.2, 0.25) is 3.79 Å². The summed E-state index contributed by atoms with van der Waals surface area (Å²) in [5.41, 5.74) is 1.57. The molecule has 0 amide bonds. The molecule has 0 bridgehead atoms. The molecule has 1 aromatic carbocycles. The highest BCUT2D eigenvalue weighted by molar-refractivity contribution is 14.1. The summed E-state index contributed by atoms with van der Waals surface area (Å²) in [5.74, 6) is 0.836. The van der Waals surface area contributed by atoms with Crippen LogP contribution in [0.4, 0.5) is 0 Å². The number of carbonyl (C=O) groups is 1. The monoisotopic (exact) mass is 328 g/mol. The lowest BCUT2D eigenvalue weighted by atomic mass is 10.1. The molecule has 0 unspecified atom stereocenters. The summed E-state index contributed by atoms with van der Waals surface area (Å²) >= 11 is 1.83. The number of fused-ring (bicyclic) bond motifs is 1. The summed E-state index contributed by atoms with van der Waals surface area (Å²) in [4.78, 5) is 11.6. The maximum absolute atomic E-state index is 11.6. The molecule has 16 heavy (non-hydrogen) atoms. The number of hydrogen-bond acceptors (Lipinski definition) is 2. The fourth-order valence-electron chi connectivity index (χ4n) is 1.82. The van der Waals surface area contributed by atoms with Crippen molar-refractivity contribution >= 4 is 37.4 Å². The first-order valence-corrected chi connectivity index (χ1v) is 6.52. The minimum absolute atomic E-state index is 0.0636. The predicted octanol–water partition coefficient (Wildman–Crippen LogP) is 4.35. The fourth-order valence-corrected chi connectivity index (χ4v) is 2.42. The molecule has 0 fully saturated rings. The summed E-state index contributed by atoms with van der Waals surface area (Å²) in [7, 11) is 0. The second-order valence-electron chi connectivity index (χ2n) is 3.77. The molecule has 0 N–H and O–H groups in total. The van der Waals surface area contributed by atoms with Crippen molar-refractivity contribution < 1.29 is 9.21 Å². The molecule has 2 nitrogen and oxygen atoms in total. The Morgan fingerprint density at radius 3 is 2.81 bits per heavy atom. The summed E-state index contributed by atoms with van der Waals surface area (Å²) in [5, 5.41) is 0.938. The molecule has 2 aromatic rings. The van der Waals surface area contributed by atoms with Crippen molar-refractivity contribution in [3.05, 3.63) is 35.6 Å². The Balaban J connectivity index is 2.54. The molecule has 0 atom stereocenters. The Morgan fingerprint density at radius 1 is 1.38 bits per heavy atom. The Labute approximate surface area is 108 Å². The van der Waals surface area contributed by atoms with E-state index in [4.69, 9.17) is 4.42 Å². The number of rotatable bonds is 4. The van der Waals surface area contributed by atoms with Gasteiger partial charge in [-0.05, 0) is 12.5 Å². The number of unbranched alkanes of at least 4 members (excludes halogenated alkanes) is 1. The van der Waals surface area contributed by atoms with Crippen LogP contribution in [0.15, 0.2) is 28.7 Å². The first-order chi connectivity index (χ1) is 7.74. The Kier molecular flexibility index (Phi) is 3.63. The molecular weight excluding hydrogens is 315 g/mol. The van der Waals surface area contributed by atoms with Gasteiger partial charge in [-0.3, -0.25) is 4.79 Å². The average molecular weight is 328 g/mol. The van der Waals surface area contributed by atoms with Crippen LogP contribution in [-0.2, 0) is 6.42 Å². The van der Waals surface area contributed by atoms with E-state index in [2.05, 4.69) is 6.92 Å². The molecule has 0 aliphatic heterocycles. The zero-order valence-corrected chi connectivity index (χ0v) is 11.3. The standard InChI is InChI=1S/C13H13IO2/c1-2-3-7-11-12(13(14)15)9-6-4-5-8-10(9)16-11/h4-6,8H,2-3,7H2,1H3. The molecule has 1 heterocycles. The van der Waals surface area contributed by atoms with E-state index in [-0.39, 0.29) is 3.79 Å². The third kappa shape index (κ3) is 2.14. The lowest BCUT2D eigenvalue weighted by Gasteiger charge is -1.96. The quantitative estimate of drug-likeness (QED) is 0.617. The van der Waals surface area contributed by atoms with E-state index in [1.807, 2.05) is 46.9 Å². The largest absolute Gasteiger partial charge is 0.460 e. The SMILES string of the molecule is CCCCc1oc2ccccc2c1C(=O)I. The van der Waals surface area contributed by atoms with Gasteiger partial charge in [-0.1, -0.05) is 31.5 Å². The molecule has 3 heteroatoms. The maximum Gasteiger partial charge on any atom is 0.226 e. The zero-order valence-electron chi connectivity index (χ0n) is 9.13. The van der Waals surface area contributed by atoms with Gasteiger partial charge in [0.15, 0.2) is 0 Å². The topological polar surface area (TPSA) is 30.2 Å². The van der Waals surface area contributed by atoms with E-state index >= 15 is 0 Å². The molecule has 0 saturated heterocycles. The first kappa shape index (κ1) is 11.6. The molecule has 1 aromatic heterocycles. The van der Waals surface area contributed by atoms with Crippen LogP contribution < -0.4 is 0 Å². The minimum Gasteiger partial charge on any atom is -0.460 e. The summed E-state index contributed by atoms with van der Waals surface area (Å²) in [6, 6.07) is 7.72. The zero-order chi connectivity index (χ0) is 11.5. The van der Waals surface area contributed by atoms with E-state index in [9.17, 15) is 4.79 Å². The molecule has 0 radical (unpaired) electrons. The van der Waals surface area contributed by atoms with Crippen LogP contribution in [0, 0.1) is 0 Å². The maximum atomic E-state index is 11.6. The molecule has 2 rings (SSSR count). The summed E-state index contributed by atoms with van der Waals surface area (Å²) in [6.45, 7) is 2.13. The third-order valence-electron chi connectivity index (χ3n) is 2.62. The van der Waals surface area contributed by atoms with Gasteiger partial charge in [0, 0.05) is 34.4 Å². The highest BCUT2D eigenvalue weighted by atomic mass is 127. The van der Waals surface area contributed by atoms with E-state index in [1.54, 1.807) is 0 Å². The van der Waals surface area contributed by atoms with Crippen molar-refractivity contribution in [1.82, 2.24) is 0 Å². The van der Waals surface area contributed by atoms with Gasteiger partial charge >= 0.3 is 0 Å². The van der Waals surface area contributed by atoms with Gasteiger partial charge in [0.05, 0.1) is 5.56 Å². The average Bonchev–Trinajstić information content (AvgIpc) is 2.64. The number of aryl methyl sites for hydroxylation is 1. The van der Waals surface area contributed by atoms with Crippen molar-refractivity contribution in [2.24, 2.45) is 0 Å². The molecule has 0 saturated carbocycles. The van der Waals surface area contributed by atoms with Crippen molar-refractivity contribution in [2.75, 3.05) is 0 Å². The summed E-state index contributed by atoms with van der Waals surface area (Å²) in [6.07, 6.45) is 3.00. The van der Waals surface area contributed by atoms with Crippen LogP contribution in [0.3, 0.4) is 0 Å². The van der Waals surface area contributed by atoms with Gasteiger partial charge in [-0.15, -0.1) is 0 Å². The molecule has 84 valence electrons. The number of hydrogen-bond donors (Lipinski definition) is 0. The van der Waals surface area contributed by atoms with Crippen molar-refractivity contribution in [3.8, 4) is 0 Å². The third-order valence-corrected chi connectivity index (χ3v) is 3.16. The van der Waals surface area contributed by atoms with Gasteiger partial charge in [-0.25, -0.2) is 0 Å². The molecule has 0 spiro atoms. The lowest BCUT2D eigenvalue weighted by Crippen LogP contribution is -1.93. The molecule has 0 aliphatic rings. The van der Waals surface area contributed by atoms with Gasteiger partial charge < -0.3 is 4.42 Å². The van der Waals surface area contributed by atoms with E-state index in [0.717, 1.165) is 41.6 Å². The van der Waals surface area contributed by atoms with E-state index in [1.165, 1.54) is 0 Å². The second kappa shape index (κ2) is 4.99. The highest BCUT2D eigenvalue weighted by Crippen LogP contribution is 2.28. The van der Waals surface area contributed by atoms with Crippen LogP contribution in [-0.4, -0.2) is 3.79 Å². The van der Waals surface area contributed by atoms with Crippen molar-refractivity contribution in [2.45, 2.75) is 26.2 Å². The van der Waals surface area contributed by atoms with E-state index < -0.39 is 0 Å².